The molecule has 2 N–H and O–H groups in total. The fraction of sp³-hybridized carbons (Fsp3) is 0.375. The summed E-state index contributed by atoms with van der Waals surface area (Å²) in [6, 6.07) is 13.5. The van der Waals surface area contributed by atoms with Gasteiger partial charge in [0.25, 0.3) is 5.91 Å². The Kier molecular flexibility index (Phi) is 6.94. The second kappa shape index (κ2) is 10.0. The highest BCUT2D eigenvalue weighted by Gasteiger charge is 2.26. The Hall–Kier alpha value is -3.07. The van der Waals surface area contributed by atoms with Gasteiger partial charge in [-0.3, -0.25) is 9.69 Å². The number of hydrogen-bond donors (Lipinski definition) is 2. The minimum Gasteiger partial charge on any atom is -0.395 e. The summed E-state index contributed by atoms with van der Waals surface area (Å²) in [7, 11) is 3.99. The maximum Gasteiger partial charge on any atom is 0.252 e. The molecular weight excluding hydrogens is 406 g/mol. The first-order chi connectivity index (χ1) is 15.6. The number of anilines is 1. The number of hydrogen-bond acceptors (Lipinski definition) is 7. The van der Waals surface area contributed by atoms with Crippen LogP contribution in [0.1, 0.15) is 27.7 Å². The molecule has 0 unspecified atom stereocenters. The third kappa shape index (κ3) is 4.88. The van der Waals surface area contributed by atoms with Crippen LogP contribution in [0.3, 0.4) is 0 Å². The molecule has 0 bridgehead atoms. The van der Waals surface area contributed by atoms with Gasteiger partial charge >= 0.3 is 0 Å². The van der Waals surface area contributed by atoms with Gasteiger partial charge in [0, 0.05) is 57.4 Å². The number of aliphatic hydroxyl groups is 1. The molecule has 0 saturated carbocycles. The molecule has 1 aliphatic rings. The molecule has 0 spiro atoms. The third-order valence-corrected chi connectivity index (χ3v) is 5.54. The highest BCUT2D eigenvalue weighted by atomic mass is 16.5. The van der Waals surface area contributed by atoms with Gasteiger partial charge in [-0.15, -0.1) is 0 Å². The fourth-order valence-electron chi connectivity index (χ4n) is 4.04. The van der Waals surface area contributed by atoms with E-state index >= 15 is 0 Å². The summed E-state index contributed by atoms with van der Waals surface area (Å²) in [6.07, 6.45) is 1.57. The lowest BCUT2D eigenvalue weighted by molar-refractivity contribution is -0.0348. The van der Waals surface area contributed by atoms with E-state index in [1.807, 2.05) is 61.6 Å². The van der Waals surface area contributed by atoms with E-state index in [0.717, 1.165) is 41.1 Å². The first-order valence-electron chi connectivity index (χ1n) is 10.8. The Morgan fingerprint density at radius 1 is 1.28 bits per heavy atom. The molecule has 32 heavy (non-hydrogen) atoms. The topological polar surface area (TPSA) is 90.8 Å². The van der Waals surface area contributed by atoms with Crippen LogP contribution in [0.4, 0.5) is 5.82 Å². The first-order valence-corrected chi connectivity index (χ1v) is 10.8. The fourth-order valence-corrected chi connectivity index (χ4v) is 4.04. The number of para-hydroxylation sites is 1. The van der Waals surface area contributed by atoms with Crippen LogP contribution < -0.4 is 10.2 Å². The smallest absolute Gasteiger partial charge is 0.252 e. The number of aliphatic hydroxyl groups excluding tert-OH is 1. The van der Waals surface area contributed by atoms with E-state index in [1.54, 1.807) is 0 Å². The van der Waals surface area contributed by atoms with Crippen LogP contribution in [0.2, 0.25) is 0 Å². The molecule has 168 valence electrons. The van der Waals surface area contributed by atoms with Crippen molar-refractivity contribution < 1.29 is 14.6 Å². The summed E-state index contributed by atoms with van der Waals surface area (Å²) in [5.74, 6) is 0.736. The number of nitrogens with one attached hydrogen (secondary N) is 1. The van der Waals surface area contributed by atoms with Crippen molar-refractivity contribution in [2.45, 2.75) is 12.6 Å². The van der Waals surface area contributed by atoms with Crippen molar-refractivity contribution in [1.82, 2.24) is 20.2 Å². The summed E-state index contributed by atoms with van der Waals surface area (Å²) in [4.78, 5) is 26.4. The monoisotopic (exact) mass is 435 g/mol. The SMILES string of the molecule is CN(C)c1ncccc1CN1CCO[C@@H](c2cc(C(=O)NCCO)c3ccccc3n2)C1. The molecule has 1 aliphatic heterocycles. The summed E-state index contributed by atoms with van der Waals surface area (Å²) < 4.78 is 6.07. The van der Waals surface area contributed by atoms with E-state index in [4.69, 9.17) is 14.8 Å². The molecular formula is C24H29N5O3. The second-order valence-electron chi connectivity index (χ2n) is 8.07. The van der Waals surface area contributed by atoms with Crippen LogP contribution in [0.15, 0.2) is 48.7 Å². The standard InChI is InChI=1S/C24H29N5O3/c1-28(2)23-17(6-5-9-25-23)15-29-11-13-32-22(16-29)21-14-19(24(31)26-10-12-30)18-7-3-4-8-20(18)27-21/h3-9,14,22,30H,10-13,15-16H2,1-2H3,(H,26,31)/t22-/m1/s1. The van der Waals surface area contributed by atoms with Crippen molar-refractivity contribution in [2.75, 3.05) is 51.8 Å². The molecule has 3 aromatic rings. The van der Waals surface area contributed by atoms with E-state index in [-0.39, 0.29) is 25.2 Å². The van der Waals surface area contributed by atoms with Gasteiger partial charge in [0.2, 0.25) is 0 Å². The first kappa shape index (κ1) is 22.1. The predicted molar refractivity (Wildman–Crippen MR) is 124 cm³/mol. The number of aromatic nitrogens is 2. The third-order valence-electron chi connectivity index (χ3n) is 5.54. The van der Waals surface area contributed by atoms with Crippen LogP contribution >= 0.6 is 0 Å². The molecule has 0 radical (unpaired) electrons. The average Bonchev–Trinajstić information content (AvgIpc) is 2.82. The van der Waals surface area contributed by atoms with Crippen molar-refractivity contribution in [3.8, 4) is 0 Å². The largest absolute Gasteiger partial charge is 0.395 e. The summed E-state index contributed by atoms with van der Waals surface area (Å²) >= 11 is 0. The Morgan fingerprint density at radius 3 is 2.94 bits per heavy atom. The van der Waals surface area contributed by atoms with Gasteiger partial charge in [0.05, 0.1) is 30.0 Å². The quantitative estimate of drug-likeness (QED) is 0.587. The number of fused-ring (bicyclic) bond motifs is 1. The minimum absolute atomic E-state index is 0.106. The Balaban J connectivity index is 1.59. The predicted octanol–water partition coefficient (Wildman–Crippen LogP) is 1.99. The molecule has 1 atom stereocenters. The van der Waals surface area contributed by atoms with Gasteiger partial charge in [-0.1, -0.05) is 24.3 Å². The van der Waals surface area contributed by atoms with Crippen LogP contribution in [0.5, 0.6) is 0 Å². The van der Waals surface area contributed by atoms with Crippen molar-refractivity contribution in [3.63, 3.8) is 0 Å². The Labute approximate surface area is 187 Å². The van der Waals surface area contributed by atoms with Gasteiger partial charge in [-0.05, 0) is 18.2 Å². The number of benzene rings is 1. The number of nitrogens with zero attached hydrogens (tertiary/aromatic N) is 4. The van der Waals surface area contributed by atoms with Crippen molar-refractivity contribution in [2.24, 2.45) is 0 Å². The van der Waals surface area contributed by atoms with Gasteiger partial charge < -0.3 is 20.1 Å². The normalized spacial score (nSPS) is 16.8. The lowest BCUT2D eigenvalue weighted by Crippen LogP contribution is -2.38. The molecule has 8 nitrogen and oxygen atoms in total. The maximum absolute atomic E-state index is 12.7. The molecule has 1 fully saturated rings. The molecule has 3 heterocycles. The zero-order chi connectivity index (χ0) is 22.5. The highest BCUT2D eigenvalue weighted by Crippen LogP contribution is 2.27. The van der Waals surface area contributed by atoms with Crippen molar-refractivity contribution >= 4 is 22.6 Å². The molecule has 0 aliphatic carbocycles. The van der Waals surface area contributed by atoms with E-state index in [2.05, 4.69) is 21.3 Å². The van der Waals surface area contributed by atoms with Crippen LogP contribution in [0.25, 0.3) is 10.9 Å². The number of ether oxygens (including phenoxy) is 1. The maximum atomic E-state index is 12.7. The van der Waals surface area contributed by atoms with Crippen LogP contribution in [-0.4, -0.2) is 72.8 Å². The minimum atomic E-state index is -0.239. The Morgan fingerprint density at radius 2 is 2.12 bits per heavy atom. The Bertz CT molecular complexity index is 1090. The lowest BCUT2D eigenvalue weighted by Gasteiger charge is -2.33. The average molecular weight is 436 g/mol. The number of rotatable bonds is 7. The van der Waals surface area contributed by atoms with Crippen LogP contribution in [-0.2, 0) is 11.3 Å². The molecule has 4 rings (SSSR count). The van der Waals surface area contributed by atoms with Crippen molar-refractivity contribution in [1.29, 1.82) is 0 Å². The van der Waals surface area contributed by atoms with Gasteiger partial charge in [0.1, 0.15) is 11.9 Å². The van der Waals surface area contributed by atoms with Gasteiger partial charge in [0.15, 0.2) is 0 Å². The van der Waals surface area contributed by atoms with Crippen LogP contribution in [0, 0.1) is 0 Å². The zero-order valence-corrected chi connectivity index (χ0v) is 18.5. The highest BCUT2D eigenvalue weighted by molar-refractivity contribution is 6.06. The van der Waals surface area contributed by atoms with E-state index in [9.17, 15) is 4.79 Å². The summed E-state index contributed by atoms with van der Waals surface area (Å²) in [5.41, 5.74) is 3.19. The molecule has 1 saturated heterocycles. The van der Waals surface area contributed by atoms with E-state index < -0.39 is 0 Å². The number of amides is 1. The molecule has 2 aromatic heterocycles. The number of morpholine rings is 1. The van der Waals surface area contributed by atoms with E-state index in [0.29, 0.717) is 18.7 Å². The van der Waals surface area contributed by atoms with Gasteiger partial charge in [-0.25, -0.2) is 9.97 Å². The number of carbonyl (C=O) groups is 1. The van der Waals surface area contributed by atoms with Crippen molar-refractivity contribution in [3.05, 3.63) is 65.5 Å². The lowest BCUT2D eigenvalue weighted by atomic mass is 10.0. The second-order valence-corrected chi connectivity index (χ2v) is 8.07. The van der Waals surface area contributed by atoms with Gasteiger partial charge in [-0.2, -0.15) is 0 Å². The molecule has 1 aromatic carbocycles. The summed E-state index contributed by atoms with van der Waals surface area (Å²) in [5, 5.41) is 12.6. The number of carbonyl (C=O) groups excluding carboxylic acids is 1. The van der Waals surface area contributed by atoms with E-state index in [1.165, 1.54) is 0 Å². The number of pyridine rings is 2. The summed E-state index contributed by atoms with van der Waals surface area (Å²) in [6.45, 7) is 2.94. The molecule has 8 heteroatoms. The zero-order valence-electron chi connectivity index (χ0n) is 18.5. The molecule has 1 amide bonds.